The number of nitrogens with one attached hydrogen (secondary N) is 2. The van der Waals surface area contributed by atoms with Crippen LogP contribution in [0.25, 0.3) is 0 Å². The number of likely N-dealkylation sites (tertiary alicyclic amines) is 1. The zero-order valence-electron chi connectivity index (χ0n) is 13.1. The van der Waals surface area contributed by atoms with E-state index in [-0.39, 0.29) is 12.3 Å². The lowest BCUT2D eigenvalue weighted by Gasteiger charge is -2.32. The molecule has 0 spiro atoms. The molecule has 2 saturated heterocycles. The average molecular weight is 319 g/mol. The van der Waals surface area contributed by atoms with E-state index in [9.17, 15) is 14.4 Å². The van der Waals surface area contributed by atoms with Gasteiger partial charge in [0.2, 0.25) is 5.91 Å². The van der Waals surface area contributed by atoms with Crippen molar-refractivity contribution in [2.75, 3.05) is 13.1 Å². The summed E-state index contributed by atoms with van der Waals surface area (Å²) in [5.74, 6) is 0.929. The molecule has 4 amide bonds. The molecule has 0 radical (unpaired) electrons. The van der Waals surface area contributed by atoms with Crippen molar-refractivity contribution < 1.29 is 14.4 Å². The molecule has 0 bridgehead atoms. The third kappa shape index (κ3) is 3.20. The summed E-state index contributed by atoms with van der Waals surface area (Å²) in [7, 11) is 0. The Bertz CT molecular complexity index is 618. The molecule has 2 aliphatic rings. The number of rotatable bonds is 4. The third-order valence-corrected chi connectivity index (χ3v) is 4.54. The second-order valence-corrected chi connectivity index (χ2v) is 5.95. The van der Waals surface area contributed by atoms with Crippen LogP contribution in [0.1, 0.15) is 37.9 Å². The van der Waals surface area contributed by atoms with Crippen molar-refractivity contribution in [2.45, 2.75) is 44.7 Å². The molecule has 1 aromatic heterocycles. The number of hydrogen-bond donors (Lipinski definition) is 2. The highest BCUT2D eigenvalue weighted by Crippen LogP contribution is 2.27. The van der Waals surface area contributed by atoms with Crippen LogP contribution in [0.2, 0.25) is 0 Å². The van der Waals surface area contributed by atoms with Gasteiger partial charge in [-0.15, -0.1) is 0 Å². The Kier molecular flexibility index (Phi) is 4.31. The fourth-order valence-corrected chi connectivity index (χ4v) is 3.24. The van der Waals surface area contributed by atoms with Gasteiger partial charge < -0.3 is 14.8 Å². The van der Waals surface area contributed by atoms with E-state index in [1.54, 1.807) is 4.90 Å². The highest BCUT2D eigenvalue weighted by atomic mass is 16.2. The van der Waals surface area contributed by atoms with Crippen LogP contribution < -0.4 is 10.6 Å². The predicted octanol–water partition coefficient (Wildman–Crippen LogP) is 0.207. The summed E-state index contributed by atoms with van der Waals surface area (Å²) < 4.78 is 2.14. The maximum atomic E-state index is 12.3. The van der Waals surface area contributed by atoms with Crippen molar-refractivity contribution in [3.05, 3.63) is 18.2 Å². The maximum Gasteiger partial charge on any atom is 0.322 e. The summed E-state index contributed by atoms with van der Waals surface area (Å²) in [6.07, 6.45) is 5.55. The fourth-order valence-electron chi connectivity index (χ4n) is 3.24. The van der Waals surface area contributed by atoms with E-state index < -0.39 is 18.0 Å². The van der Waals surface area contributed by atoms with Gasteiger partial charge in [-0.05, 0) is 19.8 Å². The molecule has 8 heteroatoms. The van der Waals surface area contributed by atoms with Crippen LogP contribution in [0.15, 0.2) is 12.4 Å². The molecule has 0 aliphatic carbocycles. The van der Waals surface area contributed by atoms with Gasteiger partial charge in [0.25, 0.3) is 5.91 Å². The van der Waals surface area contributed by atoms with Gasteiger partial charge in [0.05, 0.1) is 6.42 Å². The summed E-state index contributed by atoms with van der Waals surface area (Å²) in [6.45, 7) is 4.29. The van der Waals surface area contributed by atoms with Gasteiger partial charge in [0.15, 0.2) is 0 Å². The van der Waals surface area contributed by atoms with E-state index in [1.165, 1.54) is 0 Å². The number of carbonyl (C=O) groups is 3. The minimum Gasteiger partial charge on any atom is -0.343 e. The SMILES string of the molecule is CCn1ccnc1C1CCN(C(=O)C[C@H]2NC(=O)NC2=O)CC1. The van der Waals surface area contributed by atoms with Gasteiger partial charge in [-0.2, -0.15) is 0 Å². The largest absolute Gasteiger partial charge is 0.343 e. The standard InChI is InChI=1S/C15H21N5O3/c1-2-19-8-5-16-13(19)10-3-6-20(7-4-10)12(21)9-11-14(22)18-15(23)17-11/h5,8,10-11H,2-4,6-7,9H2,1H3,(H2,17,18,22,23)/t11-/m1/s1. The summed E-state index contributed by atoms with van der Waals surface area (Å²) in [5.41, 5.74) is 0. The topological polar surface area (TPSA) is 96.3 Å². The molecule has 3 rings (SSSR count). The Morgan fingerprint density at radius 3 is 2.70 bits per heavy atom. The number of urea groups is 1. The molecule has 1 atom stereocenters. The van der Waals surface area contributed by atoms with Gasteiger partial charge in [-0.25, -0.2) is 9.78 Å². The molecule has 1 aromatic rings. The maximum absolute atomic E-state index is 12.3. The molecule has 2 N–H and O–H groups in total. The Morgan fingerprint density at radius 1 is 1.35 bits per heavy atom. The summed E-state index contributed by atoms with van der Waals surface area (Å²) in [4.78, 5) is 41.1. The van der Waals surface area contributed by atoms with Crippen LogP contribution in [0.3, 0.4) is 0 Å². The Morgan fingerprint density at radius 2 is 2.09 bits per heavy atom. The lowest BCUT2D eigenvalue weighted by molar-refractivity contribution is -0.134. The van der Waals surface area contributed by atoms with Crippen LogP contribution >= 0.6 is 0 Å². The fraction of sp³-hybridized carbons (Fsp3) is 0.600. The molecule has 0 saturated carbocycles. The van der Waals surface area contributed by atoms with E-state index in [4.69, 9.17) is 0 Å². The summed E-state index contributed by atoms with van der Waals surface area (Å²) >= 11 is 0. The van der Waals surface area contributed by atoms with Crippen molar-refractivity contribution in [3.63, 3.8) is 0 Å². The minimum absolute atomic E-state index is 0.0197. The number of hydrogen-bond acceptors (Lipinski definition) is 4. The Labute approximate surface area is 134 Å². The van der Waals surface area contributed by atoms with Crippen LogP contribution in [-0.4, -0.2) is 51.4 Å². The molecular weight excluding hydrogens is 298 g/mol. The number of imidazole rings is 1. The molecule has 124 valence electrons. The normalized spacial score (nSPS) is 22.1. The van der Waals surface area contributed by atoms with Gasteiger partial charge in [-0.1, -0.05) is 0 Å². The number of amides is 4. The first kappa shape index (κ1) is 15.5. The monoisotopic (exact) mass is 319 g/mol. The quantitative estimate of drug-likeness (QED) is 0.775. The van der Waals surface area contributed by atoms with Crippen molar-refractivity contribution in [1.29, 1.82) is 0 Å². The van der Waals surface area contributed by atoms with Crippen LogP contribution in [0, 0.1) is 0 Å². The van der Waals surface area contributed by atoms with E-state index >= 15 is 0 Å². The van der Waals surface area contributed by atoms with Crippen molar-refractivity contribution in [3.8, 4) is 0 Å². The van der Waals surface area contributed by atoms with Gasteiger partial charge in [-0.3, -0.25) is 14.9 Å². The first-order chi connectivity index (χ1) is 11.1. The van der Waals surface area contributed by atoms with Crippen LogP contribution in [-0.2, 0) is 16.1 Å². The van der Waals surface area contributed by atoms with E-state index in [2.05, 4.69) is 27.1 Å². The molecule has 0 unspecified atom stereocenters. The van der Waals surface area contributed by atoms with Gasteiger partial charge in [0.1, 0.15) is 11.9 Å². The van der Waals surface area contributed by atoms with Gasteiger partial charge in [0, 0.05) is 37.9 Å². The number of aromatic nitrogens is 2. The number of aryl methyl sites for hydroxylation is 1. The summed E-state index contributed by atoms with van der Waals surface area (Å²) in [6, 6.07) is -1.27. The molecule has 0 aromatic carbocycles. The molecule has 23 heavy (non-hydrogen) atoms. The molecule has 2 fully saturated rings. The zero-order chi connectivity index (χ0) is 16.4. The number of carbonyl (C=O) groups excluding carboxylic acids is 3. The first-order valence-electron chi connectivity index (χ1n) is 7.98. The van der Waals surface area contributed by atoms with Crippen molar-refractivity contribution in [2.24, 2.45) is 0 Å². The lowest BCUT2D eigenvalue weighted by Crippen LogP contribution is -2.42. The highest BCUT2D eigenvalue weighted by Gasteiger charge is 2.34. The molecular formula is C15H21N5O3. The predicted molar refractivity (Wildman–Crippen MR) is 81.5 cm³/mol. The van der Waals surface area contributed by atoms with E-state index in [0.29, 0.717) is 19.0 Å². The molecule has 8 nitrogen and oxygen atoms in total. The second-order valence-electron chi connectivity index (χ2n) is 5.95. The number of piperidine rings is 1. The third-order valence-electron chi connectivity index (χ3n) is 4.54. The zero-order valence-corrected chi connectivity index (χ0v) is 13.1. The highest BCUT2D eigenvalue weighted by molar-refractivity contribution is 6.05. The lowest BCUT2D eigenvalue weighted by atomic mass is 9.95. The smallest absolute Gasteiger partial charge is 0.322 e. The number of imide groups is 1. The van der Waals surface area contributed by atoms with Crippen LogP contribution in [0.5, 0.6) is 0 Å². The van der Waals surface area contributed by atoms with Gasteiger partial charge >= 0.3 is 6.03 Å². The van der Waals surface area contributed by atoms with Crippen LogP contribution in [0.4, 0.5) is 4.79 Å². The average Bonchev–Trinajstić information content (AvgIpc) is 3.14. The van der Waals surface area contributed by atoms with E-state index in [0.717, 1.165) is 25.2 Å². The Hall–Kier alpha value is -2.38. The van der Waals surface area contributed by atoms with Crippen molar-refractivity contribution in [1.82, 2.24) is 25.1 Å². The van der Waals surface area contributed by atoms with Crippen molar-refractivity contribution >= 4 is 17.8 Å². The summed E-state index contributed by atoms with van der Waals surface area (Å²) in [5, 5.41) is 4.60. The first-order valence-corrected chi connectivity index (χ1v) is 7.98. The molecule has 2 aliphatic heterocycles. The second kappa shape index (κ2) is 6.39. The minimum atomic E-state index is -0.744. The van der Waals surface area contributed by atoms with E-state index in [1.807, 2.05) is 12.4 Å². The Balaban J connectivity index is 1.53. The molecule has 3 heterocycles. The number of nitrogens with zero attached hydrogens (tertiary/aromatic N) is 3.